The average molecular weight is 391 g/mol. The third kappa shape index (κ3) is 7.16. The minimum Gasteiger partial charge on any atom is -0.328 e. The second-order valence-electron chi connectivity index (χ2n) is 7.61. The predicted octanol–water partition coefficient (Wildman–Crippen LogP) is 6.83. The molecule has 1 aliphatic carbocycles. The molecule has 0 fully saturated rings. The Morgan fingerprint density at radius 3 is 2.41 bits per heavy atom. The maximum atomic E-state index is 10.3. The van der Waals surface area contributed by atoms with E-state index in [2.05, 4.69) is 45.1 Å². The van der Waals surface area contributed by atoms with Crippen molar-refractivity contribution in [2.75, 3.05) is 6.61 Å². The maximum absolute atomic E-state index is 10.3. The van der Waals surface area contributed by atoms with Crippen LogP contribution in [0.25, 0.3) is 0 Å². The van der Waals surface area contributed by atoms with Crippen LogP contribution >= 0.6 is 8.60 Å². The molecule has 0 bridgehead atoms. The van der Waals surface area contributed by atoms with Crippen LogP contribution in [0.2, 0.25) is 0 Å². The second kappa shape index (κ2) is 11.8. The minimum absolute atomic E-state index is 0.242. The van der Waals surface area contributed by atoms with E-state index in [1.54, 1.807) is 0 Å². The Labute approximate surface area is 166 Å². The number of hydrogen-bond acceptors (Lipinski definition) is 3. The first-order valence-electron chi connectivity index (χ1n) is 10.3. The molecule has 3 nitrogen and oxygen atoms in total. The molecule has 1 aliphatic rings. The normalized spacial score (nSPS) is 23.3. The zero-order valence-corrected chi connectivity index (χ0v) is 18.0. The SMILES string of the molecule is CCCCCCCCCOP(O)OC1C=CC(C)=CC1(C)c1ccccc1. The summed E-state index contributed by atoms with van der Waals surface area (Å²) in [6, 6.07) is 10.3. The lowest BCUT2D eigenvalue weighted by Gasteiger charge is -2.37. The summed E-state index contributed by atoms with van der Waals surface area (Å²) in [5.74, 6) is 0. The number of benzene rings is 1. The van der Waals surface area contributed by atoms with Gasteiger partial charge in [0.05, 0.1) is 12.7 Å². The smallest absolute Gasteiger partial charge is 0.328 e. The number of rotatable bonds is 12. The van der Waals surface area contributed by atoms with Gasteiger partial charge in [-0.15, -0.1) is 0 Å². The van der Waals surface area contributed by atoms with E-state index in [0.717, 1.165) is 12.8 Å². The topological polar surface area (TPSA) is 38.7 Å². The first-order chi connectivity index (χ1) is 13.1. The Balaban J connectivity index is 1.80. The fourth-order valence-corrected chi connectivity index (χ4v) is 4.39. The molecular formula is C23H35O3P. The van der Waals surface area contributed by atoms with Crippen molar-refractivity contribution in [3.05, 3.63) is 59.7 Å². The molecule has 0 saturated heterocycles. The van der Waals surface area contributed by atoms with Gasteiger partial charge in [-0.2, -0.15) is 0 Å². The van der Waals surface area contributed by atoms with Crippen LogP contribution in [0.3, 0.4) is 0 Å². The van der Waals surface area contributed by atoms with E-state index in [1.807, 2.05) is 24.3 Å². The molecule has 3 atom stereocenters. The molecule has 1 aromatic carbocycles. The Hall–Kier alpha value is -0.990. The largest absolute Gasteiger partial charge is 0.330 e. The summed E-state index contributed by atoms with van der Waals surface area (Å²) >= 11 is 0. The van der Waals surface area contributed by atoms with Crippen molar-refractivity contribution in [2.45, 2.75) is 77.2 Å². The lowest BCUT2D eigenvalue weighted by molar-refractivity contribution is 0.132. The number of allylic oxidation sites excluding steroid dienone is 2. The third-order valence-corrected chi connectivity index (χ3v) is 6.01. The van der Waals surface area contributed by atoms with E-state index in [4.69, 9.17) is 9.05 Å². The first-order valence-corrected chi connectivity index (χ1v) is 11.4. The Morgan fingerprint density at radius 1 is 1.04 bits per heavy atom. The molecule has 0 aromatic heterocycles. The molecule has 0 aliphatic heterocycles. The van der Waals surface area contributed by atoms with Crippen molar-refractivity contribution in [1.82, 2.24) is 0 Å². The van der Waals surface area contributed by atoms with Gasteiger partial charge in [0.2, 0.25) is 0 Å². The molecule has 0 radical (unpaired) electrons. The van der Waals surface area contributed by atoms with Gasteiger partial charge in [-0.1, -0.05) is 99.6 Å². The maximum Gasteiger partial charge on any atom is 0.330 e. The molecule has 0 heterocycles. The predicted molar refractivity (Wildman–Crippen MR) is 115 cm³/mol. The molecule has 2 rings (SSSR count). The Morgan fingerprint density at radius 2 is 1.70 bits per heavy atom. The third-order valence-electron chi connectivity index (χ3n) is 5.20. The van der Waals surface area contributed by atoms with E-state index >= 15 is 0 Å². The second-order valence-corrected chi connectivity index (χ2v) is 8.56. The highest BCUT2D eigenvalue weighted by atomic mass is 31.2. The fraction of sp³-hybridized carbons (Fsp3) is 0.565. The van der Waals surface area contributed by atoms with Crippen LogP contribution in [0.1, 0.15) is 71.3 Å². The van der Waals surface area contributed by atoms with Crippen LogP contribution < -0.4 is 0 Å². The van der Waals surface area contributed by atoms with Crippen LogP contribution in [-0.4, -0.2) is 17.6 Å². The van der Waals surface area contributed by atoms with Crippen molar-refractivity contribution >= 4 is 8.60 Å². The van der Waals surface area contributed by atoms with Crippen LogP contribution in [0.5, 0.6) is 0 Å². The quantitative estimate of drug-likeness (QED) is 0.314. The molecular weight excluding hydrogens is 355 g/mol. The van der Waals surface area contributed by atoms with Crippen molar-refractivity contribution in [2.24, 2.45) is 0 Å². The Kier molecular flexibility index (Phi) is 9.72. The average Bonchev–Trinajstić information content (AvgIpc) is 2.67. The summed E-state index contributed by atoms with van der Waals surface area (Å²) < 4.78 is 11.5. The summed E-state index contributed by atoms with van der Waals surface area (Å²) in [5, 5.41) is 0. The summed E-state index contributed by atoms with van der Waals surface area (Å²) in [6.07, 6.45) is 14.7. The summed E-state index contributed by atoms with van der Waals surface area (Å²) in [7, 11) is -1.88. The van der Waals surface area contributed by atoms with E-state index in [1.165, 1.54) is 43.2 Å². The highest BCUT2D eigenvalue weighted by Crippen LogP contribution is 2.44. The monoisotopic (exact) mass is 390 g/mol. The van der Waals surface area contributed by atoms with Crippen LogP contribution in [0.15, 0.2) is 54.1 Å². The number of unbranched alkanes of at least 4 members (excludes halogenated alkanes) is 6. The van der Waals surface area contributed by atoms with Crippen molar-refractivity contribution in [1.29, 1.82) is 0 Å². The molecule has 1 N–H and O–H groups in total. The van der Waals surface area contributed by atoms with Gasteiger partial charge >= 0.3 is 8.60 Å². The van der Waals surface area contributed by atoms with E-state index in [-0.39, 0.29) is 11.5 Å². The van der Waals surface area contributed by atoms with E-state index in [9.17, 15) is 4.89 Å². The molecule has 27 heavy (non-hydrogen) atoms. The van der Waals surface area contributed by atoms with Gasteiger partial charge < -0.3 is 13.9 Å². The first kappa shape index (κ1) is 22.3. The zero-order valence-electron chi connectivity index (χ0n) is 17.1. The molecule has 0 amide bonds. The summed E-state index contributed by atoms with van der Waals surface area (Å²) in [4.78, 5) is 10.3. The highest BCUT2D eigenvalue weighted by molar-refractivity contribution is 7.40. The van der Waals surface area contributed by atoms with Crippen LogP contribution in [-0.2, 0) is 14.5 Å². The molecule has 1 aromatic rings. The molecule has 150 valence electrons. The molecule has 3 unspecified atom stereocenters. The van der Waals surface area contributed by atoms with Gasteiger partial charge in [-0.3, -0.25) is 0 Å². The number of hydrogen-bond donors (Lipinski definition) is 1. The van der Waals surface area contributed by atoms with E-state index < -0.39 is 8.60 Å². The van der Waals surface area contributed by atoms with Gasteiger partial charge in [-0.05, 0) is 25.8 Å². The fourth-order valence-electron chi connectivity index (χ4n) is 3.56. The van der Waals surface area contributed by atoms with Crippen LogP contribution in [0.4, 0.5) is 0 Å². The molecule has 4 heteroatoms. The van der Waals surface area contributed by atoms with Crippen LogP contribution in [0, 0.1) is 0 Å². The lowest BCUT2D eigenvalue weighted by Crippen LogP contribution is -2.36. The standard InChI is InChI=1S/C23H35O3P/c1-4-5-6-7-8-9-13-18-25-27(24)26-22-17-16-20(2)19-23(22,3)21-14-11-10-12-15-21/h10-12,14-17,19,22,24H,4-9,13,18H2,1-3H3. The minimum atomic E-state index is -1.88. The van der Waals surface area contributed by atoms with Crippen molar-refractivity contribution < 1.29 is 13.9 Å². The summed E-state index contributed by atoms with van der Waals surface area (Å²) in [5.41, 5.74) is 2.06. The van der Waals surface area contributed by atoms with Gasteiger partial charge in [-0.25, -0.2) is 0 Å². The van der Waals surface area contributed by atoms with Gasteiger partial charge in [0.1, 0.15) is 0 Å². The highest BCUT2D eigenvalue weighted by Gasteiger charge is 2.37. The Bertz CT molecular complexity index is 599. The molecule has 0 spiro atoms. The van der Waals surface area contributed by atoms with Crippen molar-refractivity contribution in [3.8, 4) is 0 Å². The van der Waals surface area contributed by atoms with Gasteiger partial charge in [0.15, 0.2) is 0 Å². The molecule has 0 saturated carbocycles. The summed E-state index contributed by atoms with van der Waals surface area (Å²) in [6.45, 7) is 7.04. The van der Waals surface area contributed by atoms with Gasteiger partial charge in [0.25, 0.3) is 0 Å². The van der Waals surface area contributed by atoms with Crippen molar-refractivity contribution in [3.63, 3.8) is 0 Å². The van der Waals surface area contributed by atoms with E-state index in [0.29, 0.717) is 6.61 Å². The van der Waals surface area contributed by atoms with Gasteiger partial charge in [0, 0.05) is 5.41 Å². The lowest BCUT2D eigenvalue weighted by atomic mass is 9.74. The zero-order chi connectivity index (χ0) is 19.5.